The van der Waals surface area contributed by atoms with E-state index >= 15 is 0 Å². The molecule has 0 amide bonds. The Bertz CT molecular complexity index is 318. The largest absolute Gasteiger partial charge is 0.369 e. The van der Waals surface area contributed by atoms with Crippen molar-refractivity contribution in [3.8, 4) is 0 Å². The van der Waals surface area contributed by atoms with E-state index in [0.717, 1.165) is 32.0 Å². The molecular formula is C11H18N4. The van der Waals surface area contributed by atoms with E-state index in [9.17, 15) is 0 Å². The molecule has 0 spiro atoms. The Kier molecular flexibility index (Phi) is 3.06. The highest BCUT2D eigenvalue weighted by atomic mass is 15.2. The molecule has 82 valence electrons. The van der Waals surface area contributed by atoms with E-state index < -0.39 is 0 Å². The molecule has 1 aliphatic rings. The topological polar surface area (TPSA) is 31.4 Å². The van der Waals surface area contributed by atoms with Crippen molar-refractivity contribution in [1.29, 1.82) is 0 Å². The zero-order valence-corrected chi connectivity index (χ0v) is 9.40. The van der Waals surface area contributed by atoms with Crippen molar-refractivity contribution in [2.75, 3.05) is 50.1 Å². The Morgan fingerprint density at radius 2 is 2.07 bits per heavy atom. The zero-order valence-electron chi connectivity index (χ0n) is 9.40. The smallest absolute Gasteiger partial charge is 0.130 e. The highest BCUT2D eigenvalue weighted by Crippen LogP contribution is 2.18. The molecule has 1 aromatic heterocycles. The van der Waals surface area contributed by atoms with Crippen LogP contribution in [0.5, 0.6) is 0 Å². The van der Waals surface area contributed by atoms with Crippen molar-refractivity contribution in [3.63, 3.8) is 0 Å². The minimum absolute atomic E-state index is 1.02. The molecule has 0 atom stereocenters. The second kappa shape index (κ2) is 4.49. The van der Waals surface area contributed by atoms with Crippen molar-refractivity contribution in [1.82, 2.24) is 10.3 Å². The van der Waals surface area contributed by atoms with E-state index in [2.05, 4.69) is 27.3 Å². The number of pyridine rings is 1. The number of hydrogen-bond donors (Lipinski definition) is 1. The van der Waals surface area contributed by atoms with Crippen LogP contribution < -0.4 is 15.1 Å². The molecule has 1 saturated heterocycles. The van der Waals surface area contributed by atoms with Gasteiger partial charge in [0.05, 0.1) is 0 Å². The summed E-state index contributed by atoms with van der Waals surface area (Å²) in [5.41, 5.74) is 1.27. The Morgan fingerprint density at radius 1 is 1.33 bits per heavy atom. The van der Waals surface area contributed by atoms with Gasteiger partial charge in [-0.3, -0.25) is 0 Å². The SMILES string of the molecule is CN(C)c1cc(N2CCNCC2)ccn1. The number of nitrogens with zero attached hydrogens (tertiary/aromatic N) is 3. The zero-order chi connectivity index (χ0) is 10.7. The van der Waals surface area contributed by atoms with Crippen LogP contribution in [0.3, 0.4) is 0 Å². The van der Waals surface area contributed by atoms with Crippen molar-refractivity contribution in [2.24, 2.45) is 0 Å². The fraction of sp³-hybridized carbons (Fsp3) is 0.545. The van der Waals surface area contributed by atoms with Crippen LogP contribution >= 0.6 is 0 Å². The van der Waals surface area contributed by atoms with Gasteiger partial charge in [-0.15, -0.1) is 0 Å². The number of anilines is 2. The van der Waals surface area contributed by atoms with Gasteiger partial charge in [0, 0.05) is 58.2 Å². The third-order valence-corrected chi connectivity index (χ3v) is 2.67. The first-order valence-electron chi connectivity index (χ1n) is 5.36. The van der Waals surface area contributed by atoms with Gasteiger partial charge >= 0.3 is 0 Å². The third-order valence-electron chi connectivity index (χ3n) is 2.67. The highest BCUT2D eigenvalue weighted by Gasteiger charge is 2.11. The van der Waals surface area contributed by atoms with Gasteiger partial charge in [0.15, 0.2) is 0 Å². The van der Waals surface area contributed by atoms with Crippen LogP contribution in [0.25, 0.3) is 0 Å². The molecule has 0 aliphatic carbocycles. The molecule has 0 radical (unpaired) electrons. The van der Waals surface area contributed by atoms with Crippen LogP contribution in [0, 0.1) is 0 Å². The Morgan fingerprint density at radius 3 is 2.73 bits per heavy atom. The summed E-state index contributed by atoms with van der Waals surface area (Å²) in [7, 11) is 4.04. The van der Waals surface area contributed by atoms with E-state index in [1.807, 2.05) is 25.2 Å². The monoisotopic (exact) mass is 206 g/mol. The molecule has 4 nitrogen and oxygen atoms in total. The molecule has 0 aromatic carbocycles. The molecule has 2 heterocycles. The summed E-state index contributed by atoms with van der Waals surface area (Å²) in [6, 6.07) is 4.23. The lowest BCUT2D eigenvalue weighted by Gasteiger charge is -2.29. The first-order valence-corrected chi connectivity index (χ1v) is 5.36. The normalized spacial score (nSPS) is 16.5. The van der Waals surface area contributed by atoms with Crippen molar-refractivity contribution in [2.45, 2.75) is 0 Å². The van der Waals surface area contributed by atoms with Crippen molar-refractivity contribution < 1.29 is 0 Å². The molecule has 15 heavy (non-hydrogen) atoms. The number of hydrogen-bond acceptors (Lipinski definition) is 4. The van der Waals surface area contributed by atoms with Crippen molar-refractivity contribution in [3.05, 3.63) is 18.3 Å². The average molecular weight is 206 g/mol. The van der Waals surface area contributed by atoms with Gasteiger partial charge in [-0.2, -0.15) is 0 Å². The van der Waals surface area contributed by atoms with Crippen LogP contribution in [0.2, 0.25) is 0 Å². The maximum absolute atomic E-state index is 4.32. The molecule has 4 heteroatoms. The first kappa shape index (κ1) is 10.2. The summed E-state index contributed by atoms with van der Waals surface area (Å²) in [5, 5.41) is 3.35. The Labute approximate surface area is 90.9 Å². The van der Waals surface area contributed by atoms with Crippen LogP contribution in [-0.2, 0) is 0 Å². The lowest BCUT2D eigenvalue weighted by molar-refractivity contribution is 0.589. The van der Waals surface area contributed by atoms with E-state index in [-0.39, 0.29) is 0 Å². The molecule has 1 fully saturated rings. The number of rotatable bonds is 2. The maximum atomic E-state index is 4.32. The fourth-order valence-electron chi connectivity index (χ4n) is 1.77. The van der Waals surface area contributed by atoms with Gasteiger partial charge in [-0.25, -0.2) is 4.98 Å². The summed E-state index contributed by atoms with van der Waals surface area (Å²) in [5.74, 6) is 1.02. The van der Waals surface area contributed by atoms with E-state index in [4.69, 9.17) is 0 Å². The standard InChI is InChI=1S/C11H18N4/c1-14(2)11-9-10(3-4-13-11)15-7-5-12-6-8-15/h3-4,9,12H,5-8H2,1-2H3. The molecule has 0 unspecified atom stereocenters. The summed E-state index contributed by atoms with van der Waals surface area (Å²) in [6.07, 6.45) is 1.88. The molecular weight excluding hydrogens is 188 g/mol. The maximum Gasteiger partial charge on any atom is 0.130 e. The molecule has 1 aliphatic heterocycles. The summed E-state index contributed by atoms with van der Waals surface area (Å²) in [4.78, 5) is 8.74. The lowest BCUT2D eigenvalue weighted by Crippen LogP contribution is -2.43. The second-order valence-corrected chi connectivity index (χ2v) is 4.00. The fourth-order valence-corrected chi connectivity index (χ4v) is 1.77. The van der Waals surface area contributed by atoms with E-state index in [1.165, 1.54) is 5.69 Å². The Balaban J connectivity index is 2.16. The molecule has 0 bridgehead atoms. The summed E-state index contributed by atoms with van der Waals surface area (Å²) in [6.45, 7) is 4.30. The first-order chi connectivity index (χ1) is 7.27. The van der Waals surface area contributed by atoms with Crippen molar-refractivity contribution >= 4 is 11.5 Å². The van der Waals surface area contributed by atoms with Gasteiger partial charge in [0.25, 0.3) is 0 Å². The molecule has 1 aromatic rings. The lowest BCUT2D eigenvalue weighted by atomic mass is 10.3. The molecule has 1 N–H and O–H groups in total. The average Bonchev–Trinajstić information content (AvgIpc) is 2.30. The third kappa shape index (κ3) is 2.39. The second-order valence-electron chi connectivity index (χ2n) is 4.00. The van der Waals surface area contributed by atoms with Gasteiger partial charge in [0.1, 0.15) is 5.82 Å². The number of piperazine rings is 1. The number of nitrogens with one attached hydrogen (secondary N) is 1. The van der Waals surface area contributed by atoms with Gasteiger partial charge in [-0.1, -0.05) is 0 Å². The van der Waals surface area contributed by atoms with Crippen LogP contribution in [0.1, 0.15) is 0 Å². The number of aromatic nitrogens is 1. The van der Waals surface area contributed by atoms with E-state index in [0.29, 0.717) is 0 Å². The summed E-state index contributed by atoms with van der Waals surface area (Å²) < 4.78 is 0. The predicted octanol–water partition coefficient (Wildman–Crippen LogP) is 0.557. The van der Waals surface area contributed by atoms with Crippen LogP contribution in [0.4, 0.5) is 11.5 Å². The molecule has 2 rings (SSSR count). The predicted molar refractivity (Wildman–Crippen MR) is 63.6 cm³/mol. The van der Waals surface area contributed by atoms with Crippen LogP contribution in [-0.4, -0.2) is 45.3 Å². The van der Waals surface area contributed by atoms with E-state index in [1.54, 1.807) is 0 Å². The van der Waals surface area contributed by atoms with Gasteiger partial charge in [-0.05, 0) is 6.07 Å². The summed E-state index contributed by atoms with van der Waals surface area (Å²) >= 11 is 0. The Hall–Kier alpha value is -1.29. The van der Waals surface area contributed by atoms with Crippen LogP contribution in [0.15, 0.2) is 18.3 Å². The quantitative estimate of drug-likeness (QED) is 0.766. The van der Waals surface area contributed by atoms with Gasteiger partial charge < -0.3 is 15.1 Å². The van der Waals surface area contributed by atoms with Gasteiger partial charge in [0.2, 0.25) is 0 Å². The minimum atomic E-state index is 1.02. The minimum Gasteiger partial charge on any atom is -0.369 e. The molecule has 0 saturated carbocycles. The highest BCUT2D eigenvalue weighted by molar-refractivity contribution is 5.54.